The van der Waals surface area contributed by atoms with E-state index in [1.807, 2.05) is 13.8 Å². The quantitative estimate of drug-likeness (QED) is 0.682. The summed E-state index contributed by atoms with van der Waals surface area (Å²) in [7, 11) is 0. The van der Waals surface area contributed by atoms with Crippen molar-refractivity contribution in [1.29, 1.82) is 0 Å². The maximum Gasteiger partial charge on any atom is 0.278 e. The molecule has 7 nitrogen and oxygen atoms in total. The van der Waals surface area contributed by atoms with E-state index >= 15 is 0 Å². The van der Waals surface area contributed by atoms with E-state index in [4.69, 9.17) is 0 Å². The lowest BCUT2D eigenvalue weighted by molar-refractivity contribution is -0.383. The minimum Gasteiger partial charge on any atom is -0.368 e. The Bertz CT molecular complexity index is 806. The van der Waals surface area contributed by atoms with Crippen molar-refractivity contribution in [3.63, 3.8) is 0 Å². The summed E-state index contributed by atoms with van der Waals surface area (Å²) in [5, 5.41) is 14.9. The molecule has 0 spiro atoms. The Labute approximate surface area is 146 Å². The lowest BCUT2D eigenvalue weighted by Gasteiger charge is -2.35. The molecule has 0 bridgehead atoms. The molecule has 1 aliphatic rings. The summed E-state index contributed by atoms with van der Waals surface area (Å²) in [5.74, 6) is 0.00998. The molecule has 2 aromatic rings. The van der Waals surface area contributed by atoms with Crippen LogP contribution in [0.3, 0.4) is 0 Å². The Balaban J connectivity index is 1.90. The lowest BCUT2D eigenvalue weighted by atomic mass is 10.0. The number of non-ortho nitro benzene ring substituents is 1. The highest BCUT2D eigenvalue weighted by Gasteiger charge is 2.25. The molecular formula is C18H22N4O3. The van der Waals surface area contributed by atoms with Crippen molar-refractivity contribution in [3.8, 4) is 0 Å². The third kappa shape index (κ3) is 3.55. The molecule has 1 aromatic heterocycles. The number of carbonyl (C=O) groups is 1. The Hall–Kier alpha value is -2.70. The van der Waals surface area contributed by atoms with Crippen LogP contribution < -0.4 is 10.2 Å². The fourth-order valence-electron chi connectivity index (χ4n) is 3.24. The van der Waals surface area contributed by atoms with Gasteiger partial charge in [0.15, 0.2) is 0 Å². The van der Waals surface area contributed by atoms with Gasteiger partial charge in [-0.05, 0) is 31.0 Å². The Morgan fingerprint density at radius 3 is 2.92 bits per heavy atom. The van der Waals surface area contributed by atoms with Crippen molar-refractivity contribution < 1.29 is 9.72 Å². The molecule has 0 aliphatic carbocycles. The molecule has 1 N–H and O–H groups in total. The number of nitrogens with one attached hydrogen (secondary N) is 1. The maximum atomic E-state index is 12.0. The van der Waals surface area contributed by atoms with Gasteiger partial charge in [0, 0.05) is 37.3 Å². The molecule has 1 aliphatic heterocycles. The van der Waals surface area contributed by atoms with Crippen molar-refractivity contribution in [3.05, 3.63) is 40.6 Å². The number of pyridine rings is 1. The molecule has 25 heavy (non-hydrogen) atoms. The monoisotopic (exact) mass is 342 g/mol. The number of nitro groups is 1. The van der Waals surface area contributed by atoms with Gasteiger partial charge in [0.1, 0.15) is 5.52 Å². The molecule has 1 aromatic carbocycles. The number of nitrogens with zero attached hydrogens (tertiary/aromatic N) is 3. The number of anilines is 1. The zero-order valence-corrected chi connectivity index (χ0v) is 14.4. The first kappa shape index (κ1) is 17.1. The van der Waals surface area contributed by atoms with Crippen molar-refractivity contribution in [2.24, 2.45) is 5.92 Å². The largest absolute Gasteiger partial charge is 0.368 e. The first-order valence-electron chi connectivity index (χ1n) is 8.55. The fraction of sp³-hybridized carbons (Fsp3) is 0.444. The van der Waals surface area contributed by atoms with Gasteiger partial charge in [0.25, 0.3) is 5.69 Å². The van der Waals surface area contributed by atoms with Gasteiger partial charge in [0.05, 0.1) is 16.0 Å². The SMILES string of the molecule is CC(C)C(=O)NC1CCCN(c2ccc([N+](=O)[O-])c3cccnc23)C1. The van der Waals surface area contributed by atoms with Gasteiger partial charge in [-0.1, -0.05) is 13.8 Å². The summed E-state index contributed by atoms with van der Waals surface area (Å²) < 4.78 is 0. The molecule has 0 radical (unpaired) electrons. The average Bonchev–Trinajstić information content (AvgIpc) is 2.60. The minimum atomic E-state index is -0.379. The number of benzene rings is 1. The predicted octanol–water partition coefficient (Wildman–Crippen LogP) is 2.88. The third-order valence-corrected chi connectivity index (χ3v) is 4.55. The zero-order valence-electron chi connectivity index (χ0n) is 14.4. The Morgan fingerprint density at radius 1 is 1.40 bits per heavy atom. The second-order valence-electron chi connectivity index (χ2n) is 6.71. The second-order valence-corrected chi connectivity index (χ2v) is 6.71. The number of rotatable bonds is 4. The Morgan fingerprint density at radius 2 is 2.20 bits per heavy atom. The highest BCUT2D eigenvalue weighted by atomic mass is 16.6. The predicted molar refractivity (Wildman–Crippen MR) is 96.6 cm³/mol. The normalized spacial score (nSPS) is 17.7. The number of carbonyl (C=O) groups excluding carboxylic acids is 1. The van der Waals surface area contributed by atoms with E-state index in [1.165, 1.54) is 6.07 Å². The van der Waals surface area contributed by atoms with E-state index in [0.717, 1.165) is 25.1 Å². The summed E-state index contributed by atoms with van der Waals surface area (Å²) >= 11 is 0. The number of nitro benzene ring substituents is 1. The molecule has 1 fully saturated rings. The number of amides is 1. The van der Waals surface area contributed by atoms with Crippen LogP contribution in [0, 0.1) is 16.0 Å². The van der Waals surface area contributed by atoms with Crippen molar-refractivity contribution >= 4 is 28.2 Å². The summed E-state index contributed by atoms with van der Waals surface area (Å²) in [6.45, 7) is 5.28. The Kier molecular flexibility index (Phi) is 4.83. The molecule has 1 atom stereocenters. The van der Waals surface area contributed by atoms with Gasteiger partial charge >= 0.3 is 0 Å². The van der Waals surface area contributed by atoms with Gasteiger partial charge in [0.2, 0.25) is 5.91 Å². The summed E-state index contributed by atoms with van der Waals surface area (Å²) in [6, 6.07) is 6.82. The van der Waals surface area contributed by atoms with Crippen LogP contribution in [-0.4, -0.2) is 34.9 Å². The van der Waals surface area contributed by atoms with E-state index in [9.17, 15) is 14.9 Å². The number of aromatic nitrogens is 1. The van der Waals surface area contributed by atoms with E-state index in [-0.39, 0.29) is 28.5 Å². The van der Waals surface area contributed by atoms with Crippen LogP contribution in [0.4, 0.5) is 11.4 Å². The van der Waals surface area contributed by atoms with Gasteiger partial charge in [-0.15, -0.1) is 0 Å². The zero-order chi connectivity index (χ0) is 18.0. The molecule has 1 saturated heterocycles. The van der Waals surface area contributed by atoms with Gasteiger partial charge in [-0.25, -0.2) is 0 Å². The highest BCUT2D eigenvalue weighted by Crippen LogP contribution is 2.33. The number of hydrogen-bond donors (Lipinski definition) is 1. The van der Waals surface area contributed by atoms with Crippen LogP contribution in [0.2, 0.25) is 0 Å². The van der Waals surface area contributed by atoms with Gasteiger partial charge in [-0.2, -0.15) is 0 Å². The molecule has 0 saturated carbocycles. The van der Waals surface area contributed by atoms with E-state index in [2.05, 4.69) is 15.2 Å². The summed E-state index contributed by atoms with van der Waals surface area (Å²) in [4.78, 5) is 29.4. The summed E-state index contributed by atoms with van der Waals surface area (Å²) in [5.41, 5.74) is 1.57. The van der Waals surface area contributed by atoms with E-state index in [1.54, 1.807) is 24.4 Å². The van der Waals surface area contributed by atoms with Gasteiger partial charge in [-0.3, -0.25) is 19.9 Å². The molecule has 1 unspecified atom stereocenters. The van der Waals surface area contributed by atoms with Crippen LogP contribution >= 0.6 is 0 Å². The van der Waals surface area contributed by atoms with Crippen molar-refractivity contribution in [2.45, 2.75) is 32.7 Å². The first-order chi connectivity index (χ1) is 12.0. The smallest absolute Gasteiger partial charge is 0.278 e. The molecule has 1 amide bonds. The number of hydrogen-bond acceptors (Lipinski definition) is 5. The molecule has 132 valence electrons. The van der Waals surface area contributed by atoms with Crippen molar-refractivity contribution in [2.75, 3.05) is 18.0 Å². The highest BCUT2D eigenvalue weighted by molar-refractivity contribution is 5.97. The molecule has 3 rings (SSSR count). The molecule has 2 heterocycles. The van der Waals surface area contributed by atoms with E-state index in [0.29, 0.717) is 17.4 Å². The third-order valence-electron chi connectivity index (χ3n) is 4.55. The maximum absolute atomic E-state index is 12.0. The van der Waals surface area contributed by atoms with Crippen LogP contribution in [0.1, 0.15) is 26.7 Å². The second kappa shape index (κ2) is 7.04. The first-order valence-corrected chi connectivity index (χ1v) is 8.55. The minimum absolute atomic E-state index is 0.0442. The topological polar surface area (TPSA) is 88.4 Å². The average molecular weight is 342 g/mol. The number of piperidine rings is 1. The van der Waals surface area contributed by atoms with E-state index < -0.39 is 0 Å². The van der Waals surface area contributed by atoms with Crippen LogP contribution in [-0.2, 0) is 4.79 Å². The fourth-order valence-corrected chi connectivity index (χ4v) is 3.24. The van der Waals surface area contributed by atoms with Gasteiger partial charge < -0.3 is 10.2 Å². The van der Waals surface area contributed by atoms with Crippen LogP contribution in [0.5, 0.6) is 0 Å². The molecular weight excluding hydrogens is 320 g/mol. The van der Waals surface area contributed by atoms with Crippen LogP contribution in [0.15, 0.2) is 30.5 Å². The summed E-state index contributed by atoms with van der Waals surface area (Å²) in [6.07, 6.45) is 3.54. The lowest BCUT2D eigenvalue weighted by Crippen LogP contribution is -2.48. The number of fused-ring (bicyclic) bond motifs is 1. The van der Waals surface area contributed by atoms with Crippen LogP contribution in [0.25, 0.3) is 10.9 Å². The van der Waals surface area contributed by atoms with Crippen molar-refractivity contribution in [1.82, 2.24) is 10.3 Å². The standard InChI is InChI=1S/C18H22N4O3/c1-12(2)18(23)20-13-5-4-10-21(11-13)16-8-7-15(22(24)25)14-6-3-9-19-17(14)16/h3,6-9,12-13H,4-5,10-11H2,1-2H3,(H,20,23). The molecule has 7 heteroatoms.